The van der Waals surface area contributed by atoms with Crippen LogP contribution in [-0.4, -0.2) is 22.9 Å². The third-order valence-corrected chi connectivity index (χ3v) is 11.4. The monoisotopic (exact) mass is 430 g/mol. The highest BCUT2D eigenvalue weighted by Crippen LogP contribution is 2.67. The van der Waals surface area contributed by atoms with Gasteiger partial charge in [-0.1, -0.05) is 59.1 Å². The van der Waals surface area contributed by atoms with Crippen molar-refractivity contribution in [3.63, 3.8) is 0 Å². The molecule has 10 atom stereocenters. The van der Waals surface area contributed by atoms with Gasteiger partial charge in [0.15, 0.2) is 0 Å². The number of hydrogen-bond acceptors (Lipinski definition) is 2. The highest BCUT2D eigenvalue weighted by Gasteiger charge is 2.59. The largest absolute Gasteiger partial charge is 0.396 e. The van der Waals surface area contributed by atoms with Gasteiger partial charge >= 0.3 is 0 Å². The normalized spacial score (nSPS) is 45.1. The number of fused-ring (bicyclic) bond motifs is 5. The van der Waals surface area contributed by atoms with Crippen molar-refractivity contribution < 1.29 is 10.2 Å². The van der Waals surface area contributed by atoms with Crippen LogP contribution in [0.3, 0.4) is 0 Å². The Balaban J connectivity index is 1.46. The average Bonchev–Trinajstić information content (AvgIpc) is 3.11. The lowest BCUT2D eigenvalue weighted by molar-refractivity contribution is -0.0576. The summed E-state index contributed by atoms with van der Waals surface area (Å²) in [6.45, 7) is 12.6. The van der Waals surface area contributed by atoms with Crippen LogP contribution in [0, 0.1) is 52.3 Å². The first-order chi connectivity index (χ1) is 14.7. The summed E-state index contributed by atoms with van der Waals surface area (Å²) < 4.78 is 0. The van der Waals surface area contributed by atoms with Crippen LogP contribution in [0.1, 0.15) is 105 Å². The van der Waals surface area contributed by atoms with Gasteiger partial charge in [-0.25, -0.2) is 0 Å². The maximum Gasteiger partial charge on any atom is 0.0577 e. The zero-order chi connectivity index (χ0) is 22.4. The van der Waals surface area contributed by atoms with Gasteiger partial charge in [-0.2, -0.15) is 0 Å². The van der Waals surface area contributed by atoms with E-state index in [1.165, 1.54) is 57.8 Å². The second-order valence-corrected chi connectivity index (χ2v) is 12.8. The number of aliphatic hydroxyl groups excluding tert-OH is 2. The summed E-state index contributed by atoms with van der Waals surface area (Å²) in [6.07, 6.45) is 16.4. The second-order valence-electron chi connectivity index (χ2n) is 12.8. The van der Waals surface area contributed by atoms with E-state index in [2.05, 4.69) is 40.7 Å². The van der Waals surface area contributed by atoms with E-state index in [1.807, 2.05) is 0 Å². The molecule has 4 aliphatic carbocycles. The second kappa shape index (κ2) is 9.13. The maximum absolute atomic E-state index is 10.2. The average molecular weight is 431 g/mol. The molecule has 10 unspecified atom stereocenters. The molecular weight excluding hydrogens is 380 g/mol. The van der Waals surface area contributed by atoms with Crippen LogP contribution in [0.5, 0.6) is 0 Å². The first kappa shape index (κ1) is 23.8. The summed E-state index contributed by atoms with van der Waals surface area (Å²) in [4.78, 5) is 0. The molecule has 2 N–H and O–H groups in total. The van der Waals surface area contributed by atoms with Crippen molar-refractivity contribution in [1.29, 1.82) is 0 Å². The van der Waals surface area contributed by atoms with Gasteiger partial charge in [0.05, 0.1) is 6.10 Å². The predicted molar refractivity (Wildman–Crippen MR) is 130 cm³/mol. The quantitative estimate of drug-likeness (QED) is 0.427. The molecule has 0 aliphatic heterocycles. The minimum Gasteiger partial charge on any atom is -0.396 e. The van der Waals surface area contributed by atoms with Gasteiger partial charge in [-0.15, -0.1) is 0 Å². The fraction of sp³-hybridized carbons (Fsp3) is 0.931. The molecule has 0 heterocycles. The Kier molecular flexibility index (Phi) is 7.01. The van der Waals surface area contributed by atoms with E-state index < -0.39 is 0 Å². The van der Waals surface area contributed by atoms with E-state index in [1.54, 1.807) is 5.57 Å². The number of allylic oxidation sites excluding steroid dienone is 1. The summed E-state index contributed by atoms with van der Waals surface area (Å²) in [5.74, 6) is 5.43. The number of rotatable bonds is 7. The van der Waals surface area contributed by atoms with Crippen molar-refractivity contribution in [1.82, 2.24) is 0 Å². The van der Waals surface area contributed by atoms with E-state index in [9.17, 15) is 10.2 Å². The highest BCUT2D eigenvalue weighted by atomic mass is 16.3. The van der Waals surface area contributed by atoms with Crippen molar-refractivity contribution in [2.24, 2.45) is 52.3 Å². The van der Waals surface area contributed by atoms with Crippen molar-refractivity contribution >= 4 is 0 Å². The Morgan fingerprint density at radius 2 is 1.81 bits per heavy atom. The van der Waals surface area contributed by atoms with Gasteiger partial charge in [-0.3, -0.25) is 0 Å². The first-order valence-corrected chi connectivity index (χ1v) is 13.7. The molecule has 0 saturated heterocycles. The van der Waals surface area contributed by atoms with E-state index in [4.69, 9.17) is 0 Å². The van der Waals surface area contributed by atoms with Gasteiger partial charge in [0.25, 0.3) is 0 Å². The number of aliphatic hydroxyl groups is 2. The van der Waals surface area contributed by atoms with Gasteiger partial charge in [-0.05, 0) is 110 Å². The van der Waals surface area contributed by atoms with E-state index >= 15 is 0 Å². The lowest BCUT2D eigenvalue weighted by atomic mass is 9.47. The molecule has 3 fully saturated rings. The molecule has 0 aromatic heterocycles. The van der Waals surface area contributed by atoms with Crippen LogP contribution in [0.15, 0.2) is 11.6 Å². The fourth-order valence-electron chi connectivity index (χ4n) is 9.34. The third kappa shape index (κ3) is 4.07. The lowest BCUT2D eigenvalue weighted by Crippen LogP contribution is -2.50. The smallest absolute Gasteiger partial charge is 0.0577 e. The maximum atomic E-state index is 10.2. The van der Waals surface area contributed by atoms with Crippen LogP contribution in [0.2, 0.25) is 0 Å². The summed E-state index contributed by atoms with van der Waals surface area (Å²) in [5.41, 5.74) is 2.49. The number of hydrogen-bond donors (Lipinski definition) is 2. The SMILES string of the molecule is CCC(CCC(C)C1CCC2C3CC=C4CC(O)CCC4(C)C3CCC12C)C(C)CO. The summed E-state index contributed by atoms with van der Waals surface area (Å²) in [7, 11) is 0. The molecule has 3 saturated carbocycles. The van der Waals surface area contributed by atoms with Crippen LogP contribution in [0.4, 0.5) is 0 Å². The fourth-order valence-corrected chi connectivity index (χ4v) is 9.34. The van der Waals surface area contributed by atoms with Crippen LogP contribution in [-0.2, 0) is 0 Å². The van der Waals surface area contributed by atoms with Gasteiger partial charge in [0.1, 0.15) is 0 Å². The molecular formula is C29H50O2. The molecule has 0 spiro atoms. The van der Waals surface area contributed by atoms with Crippen molar-refractivity contribution in [2.75, 3.05) is 6.61 Å². The Hall–Kier alpha value is -0.340. The Bertz CT molecular complexity index is 655. The van der Waals surface area contributed by atoms with Gasteiger partial charge < -0.3 is 10.2 Å². The molecule has 4 rings (SSSR count). The molecule has 178 valence electrons. The lowest BCUT2D eigenvalue weighted by Gasteiger charge is -2.58. The van der Waals surface area contributed by atoms with Gasteiger partial charge in [0, 0.05) is 6.61 Å². The van der Waals surface area contributed by atoms with Crippen molar-refractivity contribution in [3.05, 3.63) is 11.6 Å². The van der Waals surface area contributed by atoms with E-state index in [0.29, 0.717) is 29.3 Å². The Labute approximate surface area is 192 Å². The Morgan fingerprint density at radius 3 is 2.52 bits per heavy atom. The molecule has 31 heavy (non-hydrogen) atoms. The van der Waals surface area contributed by atoms with Crippen LogP contribution < -0.4 is 0 Å². The molecule has 0 bridgehead atoms. The minimum absolute atomic E-state index is 0.0954. The van der Waals surface area contributed by atoms with Crippen LogP contribution >= 0.6 is 0 Å². The molecule has 4 aliphatic rings. The zero-order valence-corrected chi connectivity index (χ0v) is 21.1. The minimum atomic E-state index is -0.0954. The highest BCUT2D eigenvalue weighted by molar-refractivity contribution is 5.25. The molecule has 2 nitrogen and oxygen atoms in total. The van der Waals surface area contributed by atoms with Crippen molar-refractivity contribution in [3.8, 4) is 0 Å². The molecule has 0 radical (unpaired) electrons. The standard InChI is InChI=1S/C29H50O2/c1-6-21(20(3)18-30)8-7-19(2)25-11-12-26-24-10-9-22-17-23(31)13-15-28(22,4)27(24)14-16-29(25,26)5/h9,19-21,23-27,30-31H,6-8,10-18H2,1-5H3. The zero-order valence-electron chi connectivity index (χ0n) is 21.1. The third-order valence-electron chi connectivity index (χ3n) is 11.4. The topological polar surface area (TPSA) is 40.5 Å². The predicted octanol–water partition coefficient (Wildman–Crippen LogP) is 7.00. The van der Waals surface area contributed by atoms with E-state index in [-0.39, 0.29) is 6.10 Å². The molecule has 0 aromatic rings. The van der Waals surface area contributed by atoms with E-state index in [0.717, 1.165) is 42.4 Å². The summed E-state index contributed by atoms with van der Waals surface area (Å²) in [6, 6.07) is 0. The molecule has 0 aromatic carbocycles. The molecule has 2 heteroatoms. The van der Waals surface area contributed by atoms with Gasteiger partial charge in [0.2, 0.25) is 0 Å². The Morgan fingerprint density at radius 1 is 1.03 bits per heavy atom. The summed E-state index contributed by atoms with van der Waals surface area (Å²) in [5, 5.41) is 19.9. The van der Waals surface area contributed by atoms with Crippen molar-refractivity contribution in [2.45, 2.75) is 111 Å². The molecule has 0 amide bonds. The summed E-state index contributed by atoms with van der Waals surface area (Å²) >= 11 is 0. The van der Waals surface area contributed by atoms with Crippen LogP contribution in [0.25, 0.3) is 0 Å². The first-order valence-electron chi connectivity index (χ1n) is 13.7.